The van der Waals surface area contributed by atoms with Crippen molar-refractivity contribution in [3.05, 3.63) is 64.7 Å². The number of amides is 1. The van der Waals surface area contributed by atoms with E-state index < -0.39 is 29.4 Å². The van der Waals surface area contributed by atoms with E-state index in [2.05, 4.69) is 10.1 Å². The van der Waals surface area contributed by atoms with Gasteiger partial charge in [0.25, 0.3) is 5.91 Å². The van der Waals surface area contributed by atoms with Crippen molar-refractivity contribution >= 4 is 29.5 Å². The fraction of sp³-hybridized carbons (Fsp3) is 0.238. The third kappa shape index (κ3) is 3.82. The molecule has 3 rings (SSSR count). The molecule has 2 aromatic carbocycles. The molecule has 1 aliphatic rings. The van der Waals surface area contributed by atoms with Gasteiger partial charge >= 0.3 is 17.9 Å². The van der Waals surface area contributed by atoms with Gasteiger partial charge in [-0.3, -0.25) is 4.79 Å². The summed E-state index contributed by atoms with van der Waals surface area (Å²) in [5, 5.41) is 2.58. The summed E-state index contributed by atoms with van der Waals surface area (Å²) in [6, 6.07) is 10.9. The lowest BCUT2D eigenvalue weighted by molar-refractivity contribution is -0.134. The van der Waals surface area contributed by atoms with E-state index in [-0.39, 0.29) is 23.2 Å². The molecule has 150 valence electrons. The van der Waals surface area contributed by atoms with Crippen LogP contribution in [-0.4, -0.2) is 43.6 Å². The number of methoxy groups -OCH3 is 2. The van der Waals surface area contributed by atoms with Crippen LogP contribution >= 0.6 is 0 Å². The third-order valence-electron chi connectivity index (χ3n) is 4.66. The normalized spacial score (nSPS) is 17.6. The average Bonchev–Trinajstić information content (AvgIpc) is 2.72. The van der Waals surface area contributed by atoms with Crippen LogP contribution in [0.15, 0.2) is 42.5 Å². The highest BCUT2D eigenvalue weighted by Crippen LogP contribution is 2.30. The van der Waals surface area contributed by atoms with Crippen LogP contribution in [0.2, 0.25) is 0 Å². The van der Waals surface area contributed by atoms with Gasteiger partial charge in [-0.15, -0.1) is 0 Å². The van der Waals surface area contributed by atoms with Crippen LogP contribution in [0.3, 0.4) is 0 Å². The maximum absolute atomic E-state index is 13.0. The summed E-state index contributed by atoms with van der Waals surface area (Å²) in [7, 11) is 2.41. The molecular formula is C21H19NO7. The number of carbonyl (C=O) groups is 4. The van der Waals surface area contributed by atoms with E-state index in [4.69, 9.17) is 9.47 Å². The first kappa shape index (κ1) is 20.1. The molecule has 0 saturated carbocycles. The Morgan fingerprint density at radius 2 is 1.72 bits per heavy atom. The Hall–Kier alpha value is -3.68. The van der Waals surface area contributed by atoms with Gasteiger partial charge < -0.3 is 19.5 Å². The molecule has 29 heavy (non-hydrogen) atoms. The van der Waals surface area contributed by atoms with E-state index >= 15 is 0 Å². The molecule has 0 radical (unpaired) electrons. The van der Waals surface area contributed by atoms with Crippen molar-refractivity contribution in [3.8, 4) is 0 Å². The molecule has 0 saturated heterocycles. The van der Waals surface area contributed by atoms with Gasteiger partial charge in [0.2, 0.25) is 0 Å². The highest BCUT2D eigenvalue weighted by Gasteiger charge is 2.43. The van der Waals surface area contributed by atoms with Crippen LogP contribution in [0.25, 0.3) is 0 Å². The predicted octanol–water partition coefficient (Wildman–Crippen LogP) is 2.37. The molecule has 8 heteroatoms. The fourth-order valence-electron chi connectivity index (χ4n) is 3.09. The number of hydrogen-bond donors (Lipinski definition) is 1. The maximum Gasteiger partial charge on any atom is 0.339 e. The largest absolute Gasteiger partial charge is 0.465 e. The van der Waals surface area contributed by atoms with E-state index in [0.29, 0.717) is 11.1 Å². The Bertz CT molecular complexity index is 1010. The molecule has 0 fully saturated rings. The van der Waals surface area contributed by atoms with Gasteiger partial charge in [0.1, 0.15) is 0 Å². The molecule has 1 N–H and O–H groups in total. The Labute approximate surface area is 166 Å². The van der Waals surface area contributed by atoms with Crippen LogP contribution in [0.1, 0.15) is 43.6 Å². The van der Waals surface area contributed by atoms with Gasteiger partial charge in [0.05, 0.1) is 36.6 Å². The van der Waals surface area contributed by atoms with Gasteiger partial charge in [-0.05, 0) is 36.8 Å². The van der Waals surface area contributed by atoms with E-state index in [1.807, 2.05) is 0 Å². The number of hydrogen-bond acceptors (Lipinski definition) is 7. The van der Waals surface area contributed by atoms with Crippen LogP contribution in [0.4, 0.5) is 5.69 Å². The summed E-state index contributed by atoms with van der Waals surface area (Å²) < 4.78 is 14.8. The topological polar surface area (TPSA) is 108 Å². The van der Waals surface area contributed by atoms with Crippen LogP contribution in [0, 0.1) is 0 Å². The first-order valence-electron chi connectivity index (χ1n) is 8.72. The second-order valence-corrected chi connectivity index (χ2v) is 6.65. The van der Waals surface area contributed by atoms with Crippen LogP contribution in [0.5, 0.6) is 0 Å². The molecule has 0 unspecified atom stereocenters. The highest BCUT2D eigenvalue weighted by molar-refractivity contribution is 6.07. The van der Waals surface area contributed by atoms with Crippen molar-refractivity contribution in [2.75, 3.05) is 19.5 Å². The van der Waals surface area contributed by atoms with Crippen molar-refractivity contribution in [2.24, 2.45) is 0 Å². The summed E-state index contributed by atoms with van der Waals surface area (Å²) in [5.41, 5.74) is -0.203. The minimum absolute atomic E-state index is 0.0413. The zero-order chi connectivity index (χ0) is 21.2. The molecule has 1 aliphatic heterocycles. The lowest BCUT2D eigenvalue weighted by atomic mass is 9.89. The number of fused-ring (bicyclic) bond motifs is 1. The summed E-state index contributed by atoms with van der Waals surface area (Å²) in [6.45, 7) is 1.48. The lowest BCUT2D eigenvalue weighted by Gasteiger charge is -2.33. The molecule has 0 aliphatic carbocycles. The Morgan fingerprint density at radius 1 is 1.03 bits per heavy atom. The molecule has 8 nitrogen and oxygen atoms in total. The number of nitrogens with one attached hydrogen (secondary N) is 1. The van der Waals surface area contributed by atoms with Gasteiger partial charge in [0.15, 0.2) is 5.60 Å². The molecule has 2 aromatic rings. The second-order valence-electron chi connectivity index (χ2n) is 6.65. The number of ether oxygens (including phenoxy) is 3. The standard InChI is InChI=1S/C21H19NO7/c1-21(11-13-6-4-5-7-14(13)19(25)29-21)20(26)22-16-10-12(17(23)27-2)8-9-15(16)18(24)28-3/h4-10H,11H2,1-3H3,(H,22,26)/t21-/m0/s1. The van der Waals surface area contributed by atoms with Crippen molar-refractivity contribution in [2.45, 2.75) is 18.9 Å². The predicted molar refractivity (Wildman–Crippen MR) is 102 cm³/mol. The van der Waals surface area contributed by atoms with E-state index in [1.54, 1.807) is 24.3 Å². The van der Waals surface area contributed by atoms with Crippen molar-refractivity contribution in [1.29, 1.82) is 0 Å². The number of esters is 3. The Morgan fingerprint density at radius 3 is 2.41 bits per heavy atom. The zero-order valence-corrected chi connectivity index (χ0v) is 16.1. The fourth-order valence-corrected chi connectivity index (χ4v) is 3.09. The van der Waals surface area contributed by atoms with E-state index in [0.717, 1.165) is 0 Å². The number of benzene rings is 2. The van der Waals surface area contributed by atoms with Crippen molar-refractivity contribution in [3.63, 3.8) is 0 Å². The number of cyclic esters (lactones) is 1. The Kier molecular flexibility index (Phi) is 5.36. The van der Waals surface area contributed by atoms with Gasteiger partial charge in [-0.1, -0.05) is 18.2 Å². The molecule has 1 atom stereocenters. The minimum atomic E-state index is -1.50. The smallest absolute Gasteiger partial charge is 0.339 e. The zero-order valence-electron chi connectivity index (χ0n) is 16.1. The first-order chi connectivity index (χ1) is 13.8. The summed E-state index contributed by atoms with van der Waals surface area (Å²) >= 11 is 0. The molecule has 1 heterocycles. The maximum atomic E-state index is 13.0. The molecule has 0 aromatic heterocycles. The number of carbonyl (C=O) groups excluding carboxylic acids is 4. The van der Waals surface area contributed by atoms with E-state index in [9.17, 15) is 19.2 Å². The monoisotopic (exact) mass is 397 g/mol. The summed E-state index contributed by atoms with van der Waals surface area (Å²) in [5.74, 6) is -2.59. The number of rotatable bonds is 4. The first-order valence-corrected chi connectivity index (χ1v) is 8.72. The lowest BCUT2D eigenvalue weighted by Crippen LogP contribution is -2.49. The minimum Gasteiger partial charge on any atom is -0.465 e. The molecular weight excluding hydrogens is 378 g/mol. The Balaban J connectivity index is 1.94. The van der Waals surface area contributed by atoms with Gasteiger partial charge in [-0.25, -0.2) is 14.4 Å². The molecule has 0 bridgehead atoms. The number of anilines is 1. The summed E-state index contributed by atoms with van der Waals surface area (Å²) in [4.78, 5) is 49.2. The third-order valence-corrected chi connectivity index (χ3v) is 4.66. The summed E-state index contributed by atoms with van der Waals surface area (Å²) in [6.07, 6.45) is 0.158. The highest BCUT2D eigenvalue weighted by atomic mass is 16.6. The average molecular weight is 397 g/mol. The van der Waals surface area contributed by atoms with Crippen LogP contribution in [-0.2, 0) is 25.4 Å². The SMILES string of the molecule is COC(=O)c1ccc(C(=O)OC)c(NC(=O)[C@]2(C)Cc3ccccc3C(=O)O2)c1. The van der Waals surface area contributed by atoms with Crippen molar-refractivity contribution < 1.29 is 33.4 Å². The van der Waals surface area contributed by atoms with Crippen LogP contribution < -0.4 is 5.32 Å². The quantitative estimate of drug-likeness (QED) is 0.623. The molecule has 1 amide bonds. The molecule has 0 spiro atoms. The van der Waals surface area contributed by atoms with Gasteiger partial charge in [-0.2, -0.15) is 0 Å². The van der Waals surface area contributed by atoms with Gasteiger partial charge in [0, 0.05) is 6.42 Å². The van der Waals surface area contributed by atoms with E-state index in [1.165, 1.54) is 39.3 Å². The second kappa shape index (κ2) is 7.75. The van der Waals surface area contributed by atoms with Crippen molar-refractivity contribution in [1.82, 2.24) is 0 Å².